The van der Waals surface area contributed by atoms with Crippen molar-refractivity contribution in [3.8, 4) is 11.8 Å². The number of hydrogen-bond donors (Lipinski definition) is 1. The summed E-state index contributed by atoms with van der Waals surface area (Å²) in [6.45, 7) is 5.76. The molecule has 25 heavy (non-hydrogen) atoms. The predicted octanol–water partition coefficient (Wildman–Crippen LogP) is 2.48. The van der Waals surface area contributed by atoms with Crippen molar-refractivity contribution in [2.45, 2.75) is 45.3 Å². The molecule has 2 aromatic rings. The standard InChI is InChI=1S/C19H21N3O3/c1-13-17(21-25-20-13)16-8-5-11-22(16)18(23)15-7-4-6-14(12-15)9-10-19(2,3)24/h4,6-7,12,16,24H,5,8,11H2,1-3H3/t16-/m1/s1. The van der Waals surface area contributed by atoms with E-state index in [4.69, 9.17) is 4.63 Å². The number of hydrogen-bond acceptors (Lipinski definition) is 5. The predicted molar refractivity (Wildman–Crippen MR) is 91.7 cm³/mol. The lowest BCUT2D eigenvalue weighted by Gasteiger charge is -2.23. The minimum absolute atomic E-state index is 0.0585. The van der Waals surface area contributed by atoms with E-state index >= 15 is 0 Å². The lowest BCUT2D eigenvalue weighted by Crippen LogP contribution is -2.31. The molecule has 2 heterocycles. The van der Waals surface area contributed by atoms with E-state index in [0.717, 1.165) is 24.2 Å². The number of carbonyl (C=O) groups is 1. The highest BCUT2D eigenvalue weighted by atomic mass is 16.6. The van der Waals surface area contributed by atoms with Crippen LogP contribution in [0.15, 0.2) is 28.9 Å². The van der Waals surface area contributed by atoms with E-state index in [-0.39, 0.29) is 11.9 Å². The van der Waals surface area contributed by atoms with Gasteiger partial charge < -0.3 is 10.0 Å². The lowest BCUT2D eigenvalue weighted by molar-refractivity contribution is 0.0730. The molecule has 0 bridgehead atoms. The Morgan fingerprint density at radius 2 is 2.20 bits per heavy atom. The number of carbonyl (C=O) groups excluding carboxylic acids is 1. The van der Waals surface area contributed by atoms with Crippen LogP contribution in [0.2, 0.25) is 0 Å². The van der Waals surface area contributed by atoms with Crippen molar-refractivity contribution < 1.29 is 14.5 Å². The first kappa shape index (κ1) is 17.2. The summed E-state index contributed by atoms with van der Waals surface area (Å²) in [5.41, 5.74) is 1.64. The smallest absolute Gasteiger partial charge is 0.254 e. The van der Waals surface area contributed by atoms with Gasteiger partial charge in [-0.25, -0.2) is 4.63 Å². The second-order valence-electron chi connectivity index (χ2n) is 6.78. The van der Waals surface area contributed by atoms with Crippen LogP contribution >= 0.6 is 0 Å². The summed E-state index contributed by atoms with van der Waals surface area (Å²) in [7, 11) is 0. The first-order valence-electron chi connectivity index (χ1n) is 8.31. The number of rotatable bonds is 2. The van der Waals surface area contributed by atoms with Gasteiger partial charge in [0, 0.05) is 17.7 Å². The Hall–Kier alpha value is -2.65. The maximum atomic E-state index is 13.0. The number of aliphatic hydroxyl groups is 1. The fourth-order valence-electron chi connectivity index (χ4n) is 2.96. The number of aryl methyl sites for hydroxylation is 1. The van der Waals surface area contributed by atoms with Crippen LogP contribution in [-0.2, 0) is 0 Å². The van der Waals surface area contributed by atoms with Gasteiger partial charge in [-0.05, 0) is 51.8 Å². The molecule has 0 unspecified atom stereocenters. The molecule has 1 fully saturated rings. The Balaban J connectivity index is 1.85. The minimum atomic E-state index is -1.07. The molecule has 130 valence electrons. The second-order valence-corrected chi connectivity index (χ2v) is 6.78. The molecule has 1 aromatic heterocycles. The Labute approximate surface area is 146 Å². The molecular weight excluding hydrogens is 318 g/mol. The van der Waals surface area contributed by atoms with Crippen molar-refractivity contribution in [2.24, 2.45) is 0 Å². The molecule has 1 aromatic carbocycles. The number of amides is 1. The number of benzene rings is 1. The van der Waals surface area contributed by atoms with Gasteiger partial charge in [0.05, 0.1) is 6.04 Å². The molecule has 1 aliphatic rings. The highest BCUT2D eigenvalue weighted by Crippen LogP contribution is 2.33. The highest BCUT2D eigenvalue weighted by molar-refractivity contribution is 5.95. The van der Waals surface area contributed by atoms with Crippen LogP contribution in [0.5, 0.6) is 0 Å². The van der Waals surface area contributed by atoms with E-state index in [1.807, 2.05) is 17.9 Å². The molecule has 0 spiro atoms. The molecule has 1 atom stereocenters. The van der Waals surface area contributed by atoms with E-state index in [9.17, 15) is 9.90 Å². The molecule has 1 saturated heterocycles. The maximum absolute atomic E-state index is 13.0. The Kier molecular flexibility index (Phi) is 4.60. The summed E-state index contributed by atoms with van der Waals surface area (Å²) in [5.74, 6) is 5.61. The summed E-state index contributed by atoms with van der Waals surface area (Å²) < 4.78 is 4.79. The third kappa shape index (κ3) is 3.89. The molecular formula is C19H21N3O3. The van der Waals surface area contributed by atoms with Crippen LogP contribution in [0.25, 0.3) is 0 Å². The minimum Gasteiger partial charge on any atom is -0.378 e. The van der Waals surface area contributed by atoms with Crippen molar-refractivity contribution in [3.63, 3.8) is 0 Å². The third-order valence-corrected chi connectivity index (χ3v) is 4.14. The summed E-state index contributed by atoms with van der Waals surface area (Å²) in [6.07, 6.45) is 1.76. The van der Waals surface area contributed by atoms with Crippen molar-refractivity contribution in [1.29, 1.82) is 0 Å². The first-order chi connectivity index (χ1) is 11.8. The zero-order valence-corrected chi connectivity index (χ0v) is 14.6. The van der Waals surface area contributed by atoms with Crippen molar-refractivity contribution in [3.05, 3.63) is 46.8 Å². The van der Waals surface area contributed by atoms with Gasteiger partial charge in [-0.15, -0.1) is 0 Å². The van der Waals surface area contributed by atoms with Crippen LogP contribution in [0.4, 0.5) is 0 Å². The summed E-state index contributed by atoms with van der Waals surface area (Å²) >= 11 is 0. The third-order valence-electron chi connectivity index (χ3n) is 4.14. The second kappa shape index (κ2) is 6.69. The van der Waals surface area contributed by atoms with Crippen LogP contribution in [0.1, 0.15) is 60.0 Å². The summed E-state index contributed by atoms with van der Waals surface area (Å²) in [4.78, 5) is 14.8. The van der Waals surface area contributed by atoms with Gasteiger partial charge in [-0.1, -0.05) is 28.2 Å². The van der Waals surface area contributed by atoms with Crippen LogP contribution in [0.3, 0.4) is 0 Å². The zero-order valence-electron chi connectivity index (χ0n) is 14.6. The van der Waals surface area contributed by atoms with Gasteiger partial charge in [0.2, 0.25) is 0 Å². The number of nitrogens with zero attached hydrogens (tertiary/aromatic N) is 3. The van der Waals surface area contributed by atoms with Gasteiger partial charge in [0.15, 0.2) is 0 Å². The molecule has 1 amide bonds. The van der Waals surface area contributed by atoms with Crippen molar-refractivity contribution >= 4 is 5.91 Å². The highest BCUT2D eigenvalue weighted by Gasteiger charge is 2.34. The van der Waals surface area contributed by atoms with Crippen molar-refractivity contribution in [2.75, 3.05) is 6.54 Å². The van der Waals surface area contributed by atoms with E-state index in [1.165, 1.54) is 0 Å². The zero-order chi connectivity index (χ0) is 18.0. The average Bonchev–Trinajstić information content (AvgIpc) is 3.20. The topological polar surface area (TPSA) is 79.5 Å². The molecule has 6 nitrogen and oxygen atoms in total. The van der Waals surface area contributed by atoms with Gasteiger partial charge in [-0.3, -0.25) is 4.79 Å². The summed E-state index contributed by atoms with van der Waals surface area (Å²) in [6, 6.07) is 7.05. The quantitative estimate of drug-likeness (QED) is 0.850. The van der Waals surface area contributed by atoms with Crippen LogP contribution in [0, 0.1) is 18.8 Å². The monoisotopic (exact) mass is 339 g/mol. The number of likely N-dealkylation sites (tertiary alicyclic amines) is 1. The van der Waals surface area contributed by atoms with Gasteiger partial charge in [0.25, 0.3) is 5.91 Å². The van der Waals surface area contributed by atoms with Crippen LogP contribution in [-0.4, -0.2) is 38.4 Å². The normalized spacial score (nSPS) is 17.3. The van der Waals surface area contributed by atoms with E-state index in [2.05, 4.69) is 22.2 Å². The molecule has 0 radical (unpaired) electrons. The summed E-state index contributed by atoms with van der Waals surface area (Å²) in [5, 5.41) is 17.5. The lowest BCUT2D eigenvalue weighted by atomic mass is 10.1. The number of aromatic nitrogens is 2. The molecule has 3 rings (SSSR count). The fraction of sp³-hybridized carbons (Fsp3) is 0.421. The van der Waals surface area contributed by atoms with Gasteiger partial charge in [-0.2, -0.15) is 0 Å². The average molecular weight is 339 g/mol. The van der Waals surface area contributed by atoms with Gasteiger partial charge in [0.1, 0.15) is 17.0 Å². The van der Waals surface area contributed by atoms with E-state index < -0.39 is 5.60 Å². The van der Waals surface area contributed by atoms with E-state index in [1.54, 1.807) is 32.0 Å². The molecule has 0 saturated carbocycles. The molecule has 6 heteroatoms. The van der Waals surface area contributed by atoms with Crippen LogP contribution < -0.4 is 0 Å². The Morgan fingerprint density at radius 3 is 2.88 bits per heavy atom. The maximum Gasteiger partial charge on any atom is 0.254 e. The Bertz CT molecular complexity index is 839. The fourth-order valence-corrected chi connectivity index (χ4v) is 2.96. The molecule has 1 N–H and O–H groups in total. The molecule has 1 aliphatic heterocycles. The Morgan fingerprint density at radius 1 is 1.40 bits per heavy atom. The first-order valence-corrected chi connectivity index (χ1v) is 8.31. The van der Waals surface area contributed by atoms with E-state index in [0.29, 0.717) is 17.7 Å². The largest absolute Gasteiger partial charge is 0.378 e. The van der Waals surface area contributed by atoms with Gasteiger partial charge >= 0.3 is 0 Å². The molecule has 0 aliphatic carbocycles. The SMILES string of the molecule is Cc1nonc1[C@H]1CCCN1C(=O)c1cccc(C#CC(C)(C)O)c1. The van der Waals surface area contributed by atoms with Crippen molar-refractivity contribution in [1.82, 2.24) is 15.2 Å².